The molecule has 4 nitrogen and oxygen atoms in total. The molecule has 0 atom stereocenters. The number of hydrogen-bond acceptors (Lipinski definition) is 3. The van der Waals surface area contributed by atoms with Crippen molar-refractivity contribution in [1.82, 2.24) is 15.0 Å². The first-order valence-electron chi connectivity index (χ1n) is 3.61. The molecule has 2 rings (SSSR count). The first-order chi connectivity index (χ1) is 6.20. The van der Waals surface area contributed by atoms with E-state index in [2.05, 4.69) is 32.2 Å². The molecule has 0 aliphatic heterocycles. The molecule has 1 aromatic carbocycles. The van der Waals surface area contributed by atoms with Crippen molar-refractivity contribution >= 4 is 27.0 Å². The van der Waals surface area contributed by atoms with E-state index in [-0.39, 0.29) is 0 Å². The number of rotatable bonds is 0. The Morgan fingerprint density at radius 3 is 2.92 bits per heavy atom. The van der Waals surface area contributed by atoms with E-state index in [0.29, 0.717) is 11.1 Å². The Kier molecular flexibility index (Phi) is 1.78. The van der Waals surface area contributed by atoms with Crippen LogP contribution in [0.2, 0.25) is 0 Å². The fourth-order valence-corrected chi connectivity index (χ4v) is 1.62. The van der Waals surface area contributed by atoms with E-state index in [0.717, 1.165) is 9.99 Å². The highest BCUT2D eigenvalue weighted by molar-refractivity contribution is 9.10. The molecular weight excluding hydrogens is 232 g/mol. The molecule has 0 fully saturated rings. The van der Waals surface area contributed by atoms with E-state index in [1.54, 1.807) is 13.1 Å². The van der Waals surface area contributed by atoms with Gasteiger partial charge in [-0.15, -0.1) is 0 Å². The molecule has 0 radical (unpaired) electrons. The highest BCUT2D eigenvalue weighted by atomic mass is 79.9. The van der Waals surface area contributed by atoms with Gasteiger partial charge in [-0.2, -0.15) is 20.3 Å². The molecule has 5 heteroatoms. The van der Waals surface area contributed by atoms with Crippen LogP contribution in [-0.4, -0.2) is 15.0 Å². The van der Waals surface area contributed by atoms with Crippen LogP contribution < -0.4 is 0 Å². The summed E-state index contributed by atoms with van der Waals surface area (Å²) in [5.41, 5.74) is 1.92. The molecule has 0 saturated carbocycles. The summed E-state index contributed by atoms with van der Waals surface area (Å²) in [6.45, 7) is 0. The number of aromatic nitrogens is 3. The average Bonchev–Trinajstić information content (AvgIpc) is 2.43. The zero-order chi connectivity index (χ0) is 9.42. The SMILES string of the molecule is Cn1nc2cc(Br)cc(C#N)c2n1. The Balaban J connectivity index is 2.90. The Labute approximate surface area is 82.9 Å². The number of aryl methyl sites for hydroxylation is 1. The molecule has 0 aliphatic carbocycles. The molecule has 0 aliphatic rings. The highest BCUT2D eigenvalue weighted by Gasteiger charge is 2.07. The Hall–Kier alpha value is -1.41. The number of nitrogens with zero attached hydrogens (tertiary/aromatic N) is 4. The summed E-state index contributed by atoms with van der Waals surface area (Å²) in [5, 5.41) is 17.0. The molecular formula is C8H5BrN4. The van der Waals surface area contributed by atoms with Gasteiger partial charge in [0.25, 0.3) is 0 Å². The van der Waals surface area contributed by atoms with Crippen molar-refractivity contribution in [3.63, 3.8) is 0 Å². The number of nitriles is 1. The lowest BCUT2D eigenvalue weighted by Crippen LogP contribution is -1.90. The van der Waals surface area contributed by atoms with Crippen LogP contribution in [-0.2, 0) is 7.05 Å². The van der Waals surface area contributed by atoms with Crippen molar-refractivity contribution in [3.05, 3.63) is 22.2 Å². The molecule has 1 heterocycles. The topological polar surface area (TPSA) is 54.5 Å². The largest absolute Gasteiger partial charge is 0.192 e. The highest BCUT2D eigenvalue weighted by Crippen LogP contribution is 2.20. The van der Waals surface area contributed by atoms with Gasteiger partial charge < -0.3 is 0 Å². The van der Waals surface area contributed by atoms with Crippen LogP contribution in [0.4, 0.5) is 0 Å². The van der Waals surface area contributed by atoms with Gasteiger partial charge in [-0.25, -0.2) is 0 Å². The van der Waals surface area contributed by atoms with E-state index in [4.69, 9.17) is 5.26 Å². The Bertz CT molecular complexity index is 509. The van der Waals surface area contributed by atoms with Crippen molar-refractivity contribution < 1.29 is 0 Å². The summed E-state index contributed by atoms with van der Waals surface area (Å²) >= 11 is 3.31. The molecule has 0 spiro atoms. The van der Waals surface area contributed by atoms with Crippen molar-refractivity contribution in [2.45, 2.75) is 0 Å². The van der Waals surface area contributed by atoms with E-state index in [1.165, 1.54) is 4.80 Å². The minimum absolute atomic E-state index is 0.539. The third-order valence-electron chi connectivity index (χ3n) is 1.67. The van der Waals surface area contributed by atoms with E-state index >= 15 is 0 Å². The van der Waals surface area contributed by atoms with E-state index in [1.807, 2.05) is 6.07 Å². The van der Waals surface area contributed by atoms with Crippen molar-refractivity contribution in [3.8, 4) is 6.07 Å². The van der Waals surface area contributed by atoms with Crippen LogP contribution in [0.3, 0.4) is 0 Å². The van der Waals surface area contributed by atoms with Crippen molar-refractivity contribution in [2.75, 3.05) is 0 Å². The lowest BCUT2D eigenvalue weighted by atomic mass is 10.2. The first kappa shape index (κ1) is 8.20. The molecule has 64 valence electrons. The smallest absolute Gasteiger partial charge is 0.131 e. The van der Waals surface area contributed by atoms with Crippen LogP contribution in [0.15, 0.2) is 16.6 Å². The van der Waals surface area contributed by atoms with E-state index < -0.39 is 0 Å². The van der Waals surface area contributed by atoms with Gasteiger partial charge in [0.1, 0.15) is 17.1 Å². The van der Waals surface area contributed by atoms with Crippen LogP contribution in [0.25, 0.3) is 11.0 Å². The van der Waals surface area contributed by atoms with Gasteiger partial charge in [-0.3, -0.25) is 0 Å². The van der Waals surface area contributed by atoms with Crippen LogP contribution in [0.5, 0.6) is 0 Å². The van der Waals surface area contributed by atoms with Crippen LogP contribution >= 0.6 is 15.9 Å². The monoisotopic (exact) mass is 236 g/mol. The summed E-state index contributed by atoms with van der Waals surface area (Å²) in [6, 6.07) is 5.65. The summed E-state index contributed by atoms with van der Waals surface area (Å²) in [6.07, 6.45) is 0. The van der Waals surface area contributed by atoms with Gasteiger partial charge in [0, 0.05) is 11.5 Å². The minimum Gasteiger partial charge on any atom is -0.192 e. The predicted octanol–water partition coefficient (Wildman–Crippen LogP) is 1.60. The molecule has 2 aromatic rings. The zero-order valence-electron chi connectivity index (χ0n) is 6.82. The van der Waals surface area contributed by atoms with Gasteiger partial charge in [0.05, 0.1) is 5.56 Å². The molecule has 0 unspecified atom stereocenters. The second-order valence-electron chi connectivity index (χ2n) is 2.62. The molecule has 0 amide bonds. The van der Waals surface area contributed by atoms with Gasteiger partial charge in [0.2, 0.25) is 0 Å². The van der Waals surface area contributed by atoms with Gasteiger partial charge in [-0.05, 0) is 12.1 Å². The van der Waals surface area contributed by atoms with Crippen LogP contribution in [0.1, 0.15) is 5.56 Å². The normalized spacial score (nSPS) is 10.2. The van der Waals surface area contributed by atoms with Gasteiger partial charge >= 0.3 is 0 Å². The summed E-state index contributed by atoms with van der Waals surface area (Å²) < 4.78 is 0.844. The Morgan fingerprint density at radius 2 is 2.23 bits per heavy atom. The van der Waals surface area contributed by atoms with Crippen LogP contribution in [0, 0.1) is 11.3 Å². The second kappa shape index (κ2) is 2.82. The number of benzene rings is 1. The van der Waals surface area contributed by atoms with Gasteiger partial charge in [-0.1, -0.05) is 15.9 Å². The molecule has 1 aromatic heterocycles. The Morgan fingerprint density at radius 1 is 1.46 bits per heavy atom. The quantitative estimate of drug-likeness (QED) is 0.699. The average molecular weight is 237 g/mol. The second-order valence-corrected chi connectivity index (χ2v) is 3.54. The van der Waals surface area contributed by atoms with Crippen molar-refractivity contribution in [1.29, 1.82) is 5.26 Å². The molecule has 0 N–H and O–H groups in total. The van der Waals surface area contributed by atoms with Gasteiger partial charge in [0.15, 0.2) is 0 Å². The predicted molar refractivity (Wildman–Crippen MR) is 50.9 cm³/mol. The summed E-state index contributed by atoms with van der Waals surface area (Å²) in [4.78, 5) is 1.46. The maximum absolute atomic E-state index is 8.82. The minimum atomic E-state index is 0.539. The maximum atomic E-state index is 8.82. The molecule has 0 saturated heterocycles. The fourth-order valence-electron chi connectivity index (χ4n) is 1.17. The first-order valence-corrected chi connectivity index (χ1v) is 4.40. The lowest BCUT2D eigenvalue weighted by molar-refractivity contribution is 0.665. The standard InChI is InChI=1S/C8H5BrN4/c1-13-11-7-3-6(9)2-5(4-10)8(7)12-13/h2-3H,1H3. The summed E-state index contributed by atoms with van der Waals surface area (Å²) in [5.74, 6) is 0. The fraction of sp³-hybridized carbons (Fsp3) is 0.125. The molecule has 13 heavy (non-hydrogen) atoms. The maximum Gasteiger partial charge on any atom is 0.131 e. The summed E-state index contributed by atoms with van der Waals surface area (Å²) in [7, 11) is 1.73. The lowest BCUT2D eigenvalue weighted by Gasteiger charge is -1.90. The molecule has 0 bridgehead atoms. The zero-order valence-corrected chi connectivity index (χ0v) is 8.41. The number of halogens is 1. The third-order valence-corrected chi connectivity index (χ3v) is 2.13. The van der Waals surface area contributed by atoms with E-state index in [9.17, 15) is 0 Å². The third kappa shape index (κ3) is 1.29. The number of hydrogen-bond donors (Lipinski definition) is 0. The number of fused-ring (bicyclic) bond motifs is 1. The van der Waals surface area contributed by atoms with Crippen molar-refractivity contribution in [2.24, 2.45) is 7.05 Å².